The van der Waals surface area contributed by atoms with Crippen LogP contribution in [0.3, 0.4) is 0 Å². The summed E-state index contributed by atoms with van der Waals surface area (Å²) in [6, 6.07) is 11.2. The largest absolute Gasteiger partial charge is 0.350 e. The van der Waals surface area contributed by atoms with Crippen LogP contribution in [-0.4, -0.2) is 73.0 Å². The number of halogens is 1. The van der Waals surface area contributed by atoms with E-state index in [1.54, 1.807) is 0 Å². The highest BCUT2D eigenvalue weighted by molar-refractivity contribution is 6.31. The van der Waals surface area contributed by atoms with Gasteiger partial charge in [-0.2, -0.15) is 0 Å². The zero-order chi connectivity index (χ0) is 27.1. The normalized spacial score (nSPS) is 22.0. The fourth-order valence-electron chi connectivity index (χ4n) is 5.90. The summed E-state index contributed by atoms with van der Waals surface area (Å²) in [5, 5.41) is 9.47. The maximum atomic E-state index is 13.7. The van der Waals surface area contributed by atoms with E-state index in [-0.39, 0.29) is 23.9 Å². The number of nitrogens with zero attached hydrogens (tertiary/aromatic N) is 2. The molecule has 2 heterocycles. The van der Waals surface area contributed by atoms with Gasteiger partial charge in [-0.3, -0.25) is 9.59 Å². The van der Waals surface area contributed by atoms with Crippen LogP contribution >= 0.6 is 11.6 Å². The first-order valence-electron chi connectivity index (χ1n) is 14.6. The minimum atomic E-state index is -0.212. The van der Waals surface area contributed by atoms with Gasteiger partial charge in [0.05, 0.1) is 6.04 Å². The average molecular weight is 541 g/mol. The van der Waals surface area contributed by atoms with Crippen LogP contribution < -0.4 is 10.6 Å². The van der Waals surface area contributed by atoms with E-state index in [9.17, 15) is 9.59 Å². The summed E-state index contributed by atoms with van der Waals surface area (Å²) in [4.78, 5) is 31.3. The van der Waals surface area contributed by atoms with E-state index in [0.717, 1.165) is 62.8 Å². The van der Waals surface area contributed by atoms with Gasteiger partial charge < -0.3 is 20.4 Å². The van der Waals surface area contributed by atoms with E-state index < -0.39 is 0 Å². The molecule has 2 saturated heterocycles. The molecule has 2 N–H and O–H groups in total. The van der Waals surface area contributed by atoms with Crippen LogP contribution in [0.4, 0.5) is 0 Å². The van der Waals surface area contributed by atoms with Gasteiger partial charge in [-0.15, -0.1) is 0 Å². The number of hydrogen-bond acceptors (Lipinski definition) is 4. The third kappa shape index (κ3) is 7.71. The molecule has 0 aromatic heterocycles. The molecule has 38 heavy (non-hydrogen) atoms. The molecule has 0 saturated carbocycles. The number of amides is 2. The number of hydrogen-bond donors (Lipinski definition) is 2. The van der Waals surface area contributed by atoms with Crippen molar-refractivity contribution < 1.29 is 9.59 Å². The van der Waals surface area contributed by atoms with Gasteiger partial charge in [0.1, 0.15) is 0 Å². The highest BCUT2D eigenvalue weighted by atomic mass is 35.5. The molecule has 2 aromatic rings. The average Bonchev–Trinajstić information content (AvgIpc) is 3.07. The Bertz CT molecular complexity index is 1080. The van der Waals surface area contributed by atoms with Crippen LogP contribution in [0.5, 0.6) is 0 Å². The predicted molar refractivity (Wildman–Crippen MR) is 157 cm³/mol. The molecule has 2 aliphatic heterocycles. The second kappa shape index (κ2) is 13.8. The van der Waals surface area contributed by atoms with Crippen LogP contribution in [0.1, 0.15) is 69.7 Å². The summed E-state index contributed by atoms with van der Waals surface area (Å²) in [6.07, 6.45) is 6.53. The van der Waals surface area contributed by atoms with Gasteiger partial charge in [0.2, 0.25) is 5.91 Å². The van der Waals surface area contributed by atoms with Crippen molar-refractivity contribution in [2.45, 2.75) is 71.4 Å². The van der Waals surface area contributed by atoms with Crippen LogP contribution in [0.2, 0.25) is 5.02 Å². The minimum absolute atomic E-state index is 0.0534. The Morgan fingerprint density at radius 2 is 1.82 bits per heavy atom. The number of fused-ring (bicyclic) bond motifs is 1. The molecule has 0 bridgehead atoms. The molecule has 0 radical (unpaired) electrons. The number of piperidine rings is 1. The van der Waals surface area contributed by atoms with E-state index in [4.69, 9.17) is 11.6 Å². The molecule has 7 heteroatoms. The summed E-state index contributed by atoms with van der Waals surface area (Å²) < 4.78 is 0. The Kier molecular flexibility index (Phi) is 10.5. The molecule has 6 nitrogen and oxygen atoms in total. The van der Waals surface area contributed by atoms with E-state index >= 15 is 0 Å². The van der Waals surface area contributed by atoms with E-state index in [2.05, 4.69) is 41.2 Å². The third-order valence-corrected chi connectivity index (χ3v) is 8.71. The van der Waals surface area contributed by atoms with Gasteiger partial charge in [-0.1, -0.05) is 57.3 Å². The van der Waals surface area contributed by atoms with Gasteiger partial charge in [-0.25, -0.2) is 0 Å². The lowest BCUT2D eigenvalue weighted by Gasteiger charge is -2.31. The lowest BCUT2D eigenvalue weighted by atomic mass is 9.92. The molecule has 0 aliphatic carbocycles. The van der Waals surface area contributed by atoms with Crippen molar-refractivity contribution >= 4 is 34.2 Å². The number of benzene rings is 2. The topological polar surface area (TPSA) is 64.7 Å². The first-order valence-corrected chi connectivity index (χ1v) is 15.0. The molecular formula is C31H45ClN4O2. The molecule has 2 fully saturated rings. The first kappa shape index (κ1) is 28.8. The Morgan fingerprint density at radius 1 is 1.08 bits per heavy atom. The van der Waals surface area contributed by atoms with Gasteiger partial charge in [0.25, 0.3) is 5.91 Å². The van der Waals surface area contributed by atoms with Crippen LogP contribution in [0.25, 0.3) is 10.8 Å². The maximum Gasteiger partial charge on any atom is 0.251 e. The van der Waals surface area contributed by atoms with Crippen molar-refractivity contribution in [3.8, 4) is 0 Å². The zero-order valence-corrected chi connectivity index (χ0v) is 24.1. The van der Waals surface area contributed by atoms with Crippen molar-refractivity contribution in [3.63, 3.8) is 0 Å². The number of carbonyl (C=O) groups excluding carboxylic acids is 2. The Hall–Kier alpha value is -2.15. The number of likely N-dealkylation sites (tertiary alicyclic amines) is 1. The monoisotopic (exact) mass is 540 g/mol. The molecule has 4 rings (SSSR count). The van der Waals surface area contributed by atoms with E-state index in [1.807, 2.05) is 36.4 Å². The third-order valence-electron chi connectivity index (χ3n) is 8.47. The highest BCUT2D eigenvalue weighted by Crippen LogP contribution is 2.22. The fraction of sp³-hybridized carbons (Fsp3) is 0.613. The van der Waals surface area contributed by atoms with Crippen molar-refractivity contribution in [2.75, 3.05) is 39.3 Å². The van der Waals surface area contributed by atoms with Crippen LogP contribution in [-0.2, 0) is 4.79 Å². The highest BCUT2D eigenvalue weighted by Gasteiger charge is 2.32. The predicted octanol–water partition coefficient (Wildman–Crippen LogP) is 5.34. The quantitative estimate of drug-likeness (QED) is 0.427. The second-order valence-corrected chi connectivity index (χ2v) is 11.9. The summed E-state index contributed by atoms with van der Waals surface area (Å²) in [5.41, 5.74) is 0.635. The zero-order valence-electron chi connectivity index (χ0n) is 23.3. The van der Waals surface area contributed by atoms with E-state index in [0.29, 0.717) is 29.0 Å². The molecule has 3 atom stereocenters. The number of carbonyl (C=O) groups is 2. The van der Waals surface area contributed by atoms with Crippen molar-refractivity contribution in [1.82, 2.24) is 20.4 Å². The smallest absolute Gasteiger partial charge is 0.251 e. The molecule has 2 aliphatic rings. The molecular weight excluding hydrogens is 496 g/mol. The summed E-state index contributed by atoms with van der Waals surface area (Å²) in [5.74, 6) is 1.18. The van der Waals surface area contributed by atoms with Crippen molar-refractivity contribution in [1.29, 1.82) is 0 Å². The maximum absolute atomic E-state index is 13.7. The summed E-state index contributed by atoms with van der Waals surface area (Å²) in [7, 11) is 0. The minimum Gasteiger partial charge on any atom is -0.350 e. The SMILES string of the molecule is CCC(CN1CC[C@@H](CNC(=O)c2ccc3cc(Cl)ccc3c2)N[C@@H](CCN2CCCCC2)C1=O)C(C)C. The molecule has 2 aromatic carbocycles. The standard InChI is InChI=1S/C31H45ClN4O2/c1-4-23(22(2)3)21-36-17-12-28(34-29(31(36)38)13-16-35-14-6-5-7-15-35)20-33-30(37)26-9-8-25-19-27(32)11-10-24(25)18-26/h8-11,18-19,22-23,28-29,34H,4-7,12-17,20-21H2,1-3H3,(H,33,37)/t23?,28-,29-/m0/s1. The van der Waals surface area contributed by atoms with E-state index in [1.165, 1.54) is 19.3 Å². The Morgan fingerprint density at radius 3 is 2.55 bits per heavy atom. The summed E-state index contributed by atoms with van der Waals surface area (Å²) >= 11 is 6.10. The van der Waals surface area contributed by atoms with Crippen LogP contribution in [0, 0.1) is 11.8 Å². The first-order chi connectivity index (χ1) is 18.3. The lowest BCUT2D eigenvalue weighted by Crippen LogP contribution is -2.50. The Labute approximate surface area is 233 Å². The van der Waals surface area contributed by atoms with Gasteiger partial charge in [0.15, 0.2) is 0 Å². The number of nitrogens with one attached hydrogen (secondary N) is 2. The molecule has 208 valence electrons. The Balaban J connectivity index is 1.41. The molecule has 2 amide bonds. The number of rotatable bonds is 10. The molecule has 1 unspecified atom stereocenters. The lowest BCUT2D eigenvalue weighted by molar-refractivity contribution is -0.133. The summed E-state index contributed by atoms with van der Waals surface area (Å²) in [6.45, 7) is 12.0. The van der Waals surface area contributed by atoms with Gasteiger partial charge in [-0.05, 0) is 85.6 Å². The fourth-order valence-corrected chi connectivity index (χ4v) is 6.08. The van der Waals surface area contributed by atoms with Gasteiger partial charge >= 0.3 is 0 Å². The molecule has 0 spiro atoms. The van der Waals surface area contributed by atoms with Crippen molar-refractivity contribution in [2.24, 2.45) is 11.8 Å². The van der Waals surface area contributed by atoms with Crippen LogP contribution in [0.15, 0.2) is 36.4 Å². The van der Waals surface area contributed by atoms with Crippen molar-refractivity contribution in [3.05, 3.63) is 47.0 Å². The van der Waals surface area contributed by atoms with Gasteiger partial charge in [0, 0.05) is 42.8 Å². The second-order valence-electron chi connectivity index (χ2n) is 11.5.